The molecule has 0 unspecified atom stereocenters. The highest BCUT2D eigenvalue weighted by atomic mass is 16.5. The summed E-state index contributed by atoms with van der Waals surface area (Å²) in [6, 6.07) is 5.71. The lowest BCUT2D eigenvalue weighted by molar-refractivity contribution is -0.132. The molecule has 0 aliphatic rings. The maximum absolute atomic E-state index is 12.0. The first kappa shape index (κ1) is 17.3. The standard InChI is InChI=1S/C16H26N2O3/c1-4-18(5-2)16(19)12-21-14-8-7-13(9-10-17)11-15(14)20-6-3/h7-8,11H,4-6,9-10,12,17H2,1-3H3. The zero-order valence-corrected chi connectivity index (χ0v) is 13.2. The predicted molar refractivity (Wildman–Crippen MR) is 83.8 cm³/mol. The number of hydrogen-bond acceptors (Lipinski definition) is 4. The Morgan fingerprint density at radius 1 is 1.14 bits per heavy atom. The van der Waals surface area contributed by atoms with Gasteiger partial charge in [0.1, 0.15) is 0 Å². The fourth-order valence-corrected chi connectivity index (χ4v) is 2.07. The summed E-state index contributed by atoms with van der Waals surface area (Å²) in [5.41, 5.74) is 6.66. The van der Waals surface area contributed by atoms with Gasteiger partial charge in [-0.3, -0.25) is 4.79 Å². The second-order valence-corrected chi connectivity index (χ2v) is 4.61. The third-order valence-electron chi connectivity index (χ3n) is 3.21. The van der Waals surface area contributed by atoms with Crippen molar-refractivity contribution in [3.05, 3.63) is 23.8 Å². The second kappa shape index (κ2) is 9.23. The van der Waals surface area contributed by atoms with Crippen LogP contribution >= 0.6 is 0 Å². The normalized spacial score (nSPS) is 10.3. The minimum Gasteiger partial charge on any atom is -0.490 e. The first-order valence-electron chi connectivity index (χ1n) is 7.52. The van der Waals surface area contributed by atoms with E-state index in [1.54, 1.807) is 4.90 Å². The molecule has 0 atom stereocenters. The number of ether oxygens (including phenoxy) is 2. The summed E-state index contributed by atoms with van der Waals surface area (Å²) < 4.78 is 11.2. The summed E-state index contributed by atoms with van der Waals surface area (Å²) in [6.45, 7) is 8.36. The minimum absolute atomic E-state index is 0.0199. The van der Waals surface area contributed by atoms with Crippen molar-refractivity contribution in [3.8, 4) is 11.5 Å². The first-order chi connectivity index (χ1) is 10.2. The van der Waals surface area contributed by atoms with Crippen molar-refractivity contribution < 1.29 is 14.3 Å². The SMILES string of the molecule is CCOc1cc(CCN)ccc1OCC(=O)N(CC)CC. The van der Waals surface area contributed by atoms with Gasteiger partial charge in [0.2, 0.25) is 0 Å². The average molecular weight is 294 g/mol. The van der Waals surface area contributed by atoms with Crippen LogP contribution in [0.15, 0.2) is 18.2 Å². The van der Waals surface area contributed by atoms with E-state index in [0.717, 1.165) is 12.0 Å². The molecule has 1 aromatic carbocycles. The molecule has 0 aromatic heterocycles. The van der Waals surface area contributed by atoms with Crippen LogP contribution in [0.3, 0.4) is 0 Å². The molecule has 0 saturated heterocycles. The van der Waals surface area contributed by atoms with E-state index in [2.05, 4.69) is 0 Å². The van der Waals surface area contributed by atoms with Crippen LogP contribution in [0.25, 0.3) is 0 Å². The van der Waals surface area contributed by atoms with E-state index in [4.69, 9.17) is 15.2 Å². The molecule has 5 nitrogen and oxygen atoms in total. The number of amides is 1. The molecule has 0 aliphatic carbocycles. The molecular weight excluding hydrogens is 268 g/mol. The highest BCUT2D eigenvalue weighted by Gasteiger charge is 2.12. The fourth-order valence-electron chi connectivity index (χ4n) is 2.07. The monoisotopic (exact) mass is 294 g/mol. The largest absolute Gasteiger partial charge is 0.490 e. The number of carbonyl (C=O) groups excluding carboxylic acids is 1. The van der Waals surface area contributed by atoms with Crippen molar-refractivity contribution in [3.63, 3.8) is 0 Å². The summed E-state index contributed by atoms with van der Waals surface area (Å²) >= 11 is 0. The number of nitrogens with two attached hydrogens (primary N) is 1. The van der Waals surface area contributed by atoms with E-state index >= 15 is 0 Å². The van der Waals surface area contributed by atoms with Gasteiger partial charge in [-0.2, -0.15) is 0 Å². The van der Waals surface area contributed by atoms with Crippen molar-refractivity contribution in [2.24, 2.45) is 5.73 Å². The highest BCUT2D eigenvalue weighted by molar-refractivity contribution is 5.77. The minimum atomic E-state index is -0.0199. The summed E-state index contributed by atoms with van der Waals surface area (Å²) in [4.78, 5) is 13.7. The fraction of sp³-hybridized carbons (Fsp3) is 0.562. The molecule has 118 valence electrons. The van der Waals surface area contributed by atoms with Gasteiger partial charge in [-0.15, -0.1) is 0 Å². The quantitative estimate of drug-likeness (QED) is 0.754. The maximum atomic E-state index is 12.0. The molecule has 5 heteroatoms. The maximum Gasteiger partial charge on any atom is 0.260 e. The van der Waals surface area contributed by atoms with Gasteiger partial charge in [-0.1, -0.05) is 6.07 Å². The topological polar surface area (TPSA) is 64.8 Å². The van der Waals surface area contributed by atoms with Crippen LogP contribution in [-0.2, 0) is 11.2 Å². The zero-order chi connectivity index (χ0) is 15.7. The average Bonchev–Trinajstić information content (AvgIpc) is 2.48. The summed E-state index contributed by atoms with van der Waals surface area (Å²) in [5, 5.41) is 0. The lowest BCUT2D eigenvalue weighted by atomic mass is 10.1. The van der Waals surface area contributed by atoms with Crippen LogP contribution in [0.2, 0.25) is 0 Å². The lowest BCUT2D eigenvalue weighted by Gasteiger charge is -2.19. The van der Waals surface area contributed by atoms with Gasteiger partial charge in [-0.25, -0.2) is 0 Å². The molecule has 0 saturated carbocycles. The van der Waals surface area contributed by atoms with Gasteiger partial charge in [0.25, 0.3) is 5.91 Å². The molecule has 0 fully saturated rings. The van der Waals surface area contributed by atoms with Gasteiger partial charge < -0.3 is 20.1 Å². The lowest BCUT2D eigenvalue weighted by Crippen LogP contribution is -2.34. The Morgan fingerprint density at radius 3 is 2.43 bits per heavy atom. The molecule has 21 heavy (non-hydrogen) atoms. The van der Waals surface area contributed by atoms with Gasteiger partial charge in [0.15, 0.2) is 18.1 Å². The predicted octanol–water partition coefficient (Wildman–Crippen LogP) is 1.83. The molecule has 2 N–H and O–H groups in total. The summed E-state index contributed by atoms with van der Waals surface area (Å²) in [5.74, 6) is 1.24. The Kier molecular flexibility index (Phi) is 7.61. The molecule has 1 rings (SSSR count). The van der Waals surface area contributed by atoms with Crippen molar-refractivity contribution in [1.82, 2.24) is 4.90 Å². The van der Waals surface area contributed by atoms with Crippen LogP contribution in [0, 0.1) is 0 Å². The third-order valence-corrected chi connectivity index (χ3v) is 3.21. The van der Waals surface area contributed by atoms with Gasteiger partial charge in [-0.05, 0) is 51.4 Å². The Morgan fingerprint density at radius 2 is 1.86 bits per heavy atom. The van der Waals surface area contributed by atoms with E-state index in [-0.39, 0.29) is 12.5 Å². The number of nitrogens with zero attached hydrogens (tertiary/aromatic N) is 1. The molecular formula is C16H26N2O3. The number of benzene rings is 1. The molecule has 0 bridgehead atoms. The third kappa shape index (κ3) is 5.27. The van der Waals surface area contributed by atoms with Crippen molar-refractivity contribution >= 4 is 5.91 Å². The Hall–Kier alpha value is -1.75. The van der Waals surface area contributed by atoms with Gasteiger partial charge in [0, 0.05) is 13.1 Å². The van der Waals surface area contributed by atoms with Crippen LogP contribution in [0.1, 0.15) is 26.3 Å². The van der Waals surface area contributed by atoms with Crippen molar-refractivity contribution in [2.45, 2.75) is 27.2 Å². The smallest absolute Gasteiger partial charge is 0.260 e. The van der Waals surface area contributed by atoms with Crippen LogP contribution in [0.5, 0.6) is 11.5 Å². The van der Waals surface area contributed by atoms with E-state index in [1.807, 2.05) is 39.0 Å². The Balaban J connectivity index is 2.75. The van der Waals surface area contributed by atoms with Crippen LogP contribution in [0.4, 0.5) is 0 Å². The Labute approximate surface area is 127 Å². The van der Waals surface area contributed by atoms with E-state index in [9.17, 15) is 4.79 Å². The Bertz CT molecular complexity index is 445. The van der Waals surface area contributed by atoms with Crippen molar-refractivity contribution in [2.75, 3.05) is 32.8 Å². The molecule has 0 heterocycles. The molecule has 0 spiro atoms. The van der Waals surface area contributed by atoms with E-state index in [1.165, 1.54) is 0 Å². The molecule has 0 aliphatic heterocycles. The summed E-state index contributed by atoms with van der Waals surface area (Å²) in [6.07, 6.45) is 0.790. The summed E-state index contributed by atoms with van der Waals surface area (Å²) in [7, 11) is 0. The van der Waals surface area contributed by atoms with E-state index < -0.39 is 0 Å². The zero-order valence-electron chi connectivity index (χ0n) is 13.2. The molecule has 1 aromatic rings. The second-order valence-electron chi connectivity index (χ2n) is 4.61. The number of rotatable bonds is 9. The first-order valence-corrected chi connectivity index (χ1v) is 7.52. The highest BCUT2D eigenvalue weighted by Crippen LogP contribution is 2.28. The van der Waals surface area contributed by atoms with Crippen LogP contribution in [-0.4, -0.2) is 43.7 Å². The number of carbonyl (C=O) groups is 1. The van der Waals surface area contributed by atoms with Crippen LogP contribution < -0.4 is 15.2 Å². The number of hydrogen-bond donors (Lipinski definition) is 1. The molecule has 0 radical (unpaired) electrons. The van der Waals surface area contributed by atoms with Crippen molar-refractivity contribution in [1.29, 1.82) is 0 Å². The van der Waals surface area contributed by atoms with Gasteiger partial charge in [0.05, 0.1) is 6.61 Å². The number of likely N-dealkylation sites (N-methyl/N-ethyl adjacent to an activating group) is 1. The molecule has 1 amide bonds. The van der Waals surface area contributed by atoms with Gasteiger partial charge >= 0.3 is 0 Å². The van der Waals surface area contributed by atoms with E-state index in [0.29, 0.717) is 37.7 Å².